The second kappa shape index (κ2) is 6.72. The molecule has 0 spiro atoms. The summed E-state index contributed by atoms with van der Waals surface area (Å²) < 4.78 is 1.81. The summed E-state index contributed by atoms with van der Waals surface area (Å²) in [5.41, 5.74) is 2.83. The molecule has 1 aromatic carbocycles. The summed E-state index contributed by atoms with van der Waals surface area (Å²) in [6.07, 6.45) is 2.06. The van der Waals surface area contributed by atoms with E-state index in [-0.39, 0.29) is 19.1 Å². The van der Waals surface area contributed by atoms with Crippen LogP contribution in [-0.4, -0.2) is 39.1 Å². The van der Waals surface area contributed by atoms with E-state index in [1.54, 1.807) is 9.47 Å². The van der Waals surface area contributed by atoms with Crippen molar-refractivity contribution in [2.24, 2.45) is 0 Å². The maximum Gasteiger partial charge on any atom is 0.242 e. The summed E-state index contributed by atoms with van der Waals surface area (Å²) in [6.45, 7) is 4.92. The molecule has 0 unspecified atom stereocenters. The largest absolute Gasteiger partial charge is 0.388 e. The van der Waals surface area contributed by atoms with Gasteiger partial charge in [0.25, 0.3) is 0 Å². The fraction of sp³-hybridized carbons (Fsp3) is 0.500. The number of rotatable bonds is 6. The van der Waals surface area contributed by atoms with Crippen molar-refractivity contribution in [1.29, 1.82) is 0 Å². The van der Waals surface area contributed by atoms with Crippen LogP contribution in [0.5, 0.6) is 0 Å². The van der Waals surface area contributed by atoms with E-state index < -0.39 is 0 Å². The SMILES string of the molecule is CCCCN(C)C(=O)Cn1c(CO)nc2cc(C)ccc21. The first-order valence-electron chi connectivity index (χ1n) is 7.37. The number of carbonyl (C=O) groups excluding carboxylic acids is 1. The summed E-state index contributed by atoms with van der Waals surface area (Å²) >= 11 is 0. The van der Waals surface area contributed by atoms with E-state index >= 15 is 0 Å². The molecule has 0 aliphatic carbocycles. The number of nitrogens with zero attached hydrogens (tertiary/aromatic N) is 3. The van der Waals surface area contributed by atoms with Crippen molar-refractivity contribution in [3.05, 3.63) is 29.6 Å². The number of hydrogen-bond acceptors (Lipinski definition) is 3. The number of likely N-dealkylation sites (N-methyl/N-ethyl adjacent to an activating group) is 1. The lowest BCUT2D eigenvalue weighted by Gasteiger charge is -2.18. The van der Waals surface area contributed by atoms with Crippen LogP contribution in [-0.2, 0) is 17.9 Å². The molecule has 0 aliphatic rings. The average molecular weight is 289 g/mol. The molecular weight excluding hydrogens is 266 g/mol. The van der Waals surface area contributed by atoms with E-state index in [1.807, 2.05) is 32.2 Å². The van der Waals surface area contributed by atoms with Crippen LogP contribution in [0.3, 0.4) is 0 Å². The van der Waals surface area contributed by atoms with Gasteiger partial charge in [-0.25, -0.2) is 4.98 Å². The van der Waals surface area contributed by atoms with Gasteiger partial charge in [0.05, 0.1) is 11.0 Å². The Morgan fingerprint density at radius 2 is 2.19 bits per heavy atom. The van der Waals surface area contributed by atoms with Gasteiger partial charge in [0, 0.05) is 13.6 Å². The van der Waals surface area contributed by atoms with E-state index in [0.29, 0.717) is 5.82 Å². The maximum absolute atomic E-state index is 12.3. The van der Waals surface area contributed by atoms with Gasteiger partial charge in [0.15, 0.2) is 0 Å². The highest BCUT2D eigenvalue weighted by molar-refractivity contribution is 5.81. The predicted octanol–water partition coefficient (Wildman–Crippen LogP) is 2.10. The molecular formula is C16H23N3O2. The number of aromatic nitrogens is 2. The van der Waals surface area contributed by atoms with Crippen molar-refractivity contribution in [3.63, 3.8) is 0 Å². The fourth-order valence-electron chi connectivity index (χ4n) is 2.36. The Kier molecular flexibility index (Phi) is 4.96. The molecule has 5 heteroatoms. The van der Waals surface area contributed by atoms with E-state index in [2.05, 4.69) is 11.9 Å². The van der Waals surface area contributed by atoms with Crippen molar-refractivity contribution in [1.82, 2.24) is 14.5 Å². The molecule has 2 aromatic rings. The van der Waals surface area contributed by atoms with Gasteiger partial charge in [-0.05, 0) is 31.0 Å². The molecule has 0 saturated carbocycles. The topological polar surface area (TPSA) is 58.4 Å². The van der Waals surface area contributed by atoms with Crippen molar-refractivity contribution >= 4 is 16.9 Å². The monoisotopic (exact) mass is 289 g/mol. The lowest BCUT2D eigenvalue weighted by atomic mass is 10.2. The Hall–Kier alpha value is -1.88. The van der Waals surface area contributed by atoms with Gasteiger partial charge in [-0.15, -0.1) is 0 Å². The first-order chi connectivity index (χ1) is 10.1. The molecule has 114 valence electrons. The molecule has 1 aromatic heterocycles. The normalized spacial score (nSPS) is 11.0. The number of unbranched alkanes of at least 4 members (excludes halogenated alkanes) is 1. The average Bonchev–Trinajstić information content (AvgIpc) is 2.81. The lowest BCUT2D eigenvalue weighted by molar-refractivity contribution is -0.130. The molecule has 1 heterocycles. The van der Waals surface area contributed by atoms with Gasteiger partial charge in [-0.3, -0.25) is 4.79 Å². The molecule has 0 radical (unpaired) electrons. The molecule has 2 rings (SSSR count). The summed E-state index contributed by atoms with van der Waals surface area (Å²) in [7, 11) is 1.82. The standard InChI is InChI=1S/C16H23N3O2/c1-4-5-8-18(3)16(21)10-19-14-7-6-12(2)9-13(14)17-15(19)11-20/h6-7,9,20H,4-5,8,10-11H2,1-3H3. The first-order valence-corrected chi connectivity index (χ1v) is 7.37. The molecule has 5 nitrogen and oxygen atoms in total. The van der Waals surface area contributed by atoms with Crippen LogP contribution in [0.1, 0.15) is 31.2 Å². The Balaban J connectivity index is 2.26. The van der Waals surface area contributed by atoms with Gasteiger partial charge in [0.1, 0.15) is 19.0 Å². The minimum atomic E-state index is -0.167. The van der Waals surface area contributed by atoms with Crippen molar-refractivity contribution < 1.29 is 9.90 Å². The van der Waals surface area contributed by atoms with E-state index in [4.69, 9.17) is 0 Å². The Labute approximate surface area is 125 Å². The van der Waals surface area contributed by atoms with Crippen LogP contribution in [0.15, 0.2) is 18.2 Å². The van der Waals surface area contributed by atoms with Gasteiger partial charge in [-0.2, -0.15) is 0 Å². The van der Waals surface area contributed by atoms with Gasteiger partial charge in [-0.1, -0.05) is 19.4 Å². The Morgan fingerprint density at radius 3 is 2.86 bits per heavy atom. The molecule has 1 amide bonds. The molecule has 21 heavy (non-hydrogen) atoms. The van der Waals surface area contributed by atoms with Crippen molar-refractivity contribution in [2.45, 2.75) is 39.8 Å². The maximum atomic E-state index is 12.3. The first kappa shape index (κ1) is 15.5. The van der Waals surface area contributed by atoms with Crippen LogP contribution < -0.4 is 0 Å². The predicted molar refractivity (Wildman–Crippen MR) is 82.9 cm³/mol. The van der Waals surface area contributed by atoms with Gasteiger partial charge < -0.3 is 14.6 Å². The second-order valence-electron chi connectivity index (χ2n) is 5.43. The number of hydrogen-bond donors (Lipinski definition) is 1. The number of fused-ring (bicyclic) bond motifs is 1. The Morgan fingerprint density at radius 1 is 1.43 bits per heavy atom. The fourth-order valence-corrected chi connectivity index (χ4v) is 2.36. The number of aliphatic hydroxyl groups excluding tert-OH is 1. The third kappa shape index (κ3) is 3.42. The quantitative estimate of drug-likeness (QED) is 0.886. The number of benzene rings is 1. The number of carbonyl (C=O) groups is 1. The number of aryl methyl sites for hydroxylation is 1. The highest BCUT2D eigenvalue weighted by Crippen LogP contribution is 2.18. The smallest absolute Gasteiger partial charge is 0.242 e. The van der Waals surface area contributed by atoms with Crippen LogP contribution in [0.4, 0.5) is 0 Å². The van der Waals surface area contributed by atoms with Gasteiger partial charge >= 0.3 is 0 Å². The summed E-state index contributed by atoms with van der Waals surface area (Å²) in [5.74, 6) is 0.575. The van der Waals surface area contributed by atoms with Crippen LogP contribution in [0.2, 0.25) is 0 Å². The molecule has 0 atom stereocenters. The minimum absolute atomic E-state index is 0.0398. The van der Waals surface area contributed by atoms with E-state index in [1.165, 1.54) is 0 Å². The van der Waals surface area contributed by atoms with Crippen molar-refractivity contribution in [2.75, 3.05) is 13.6 Å². The lowest BCUT2D eigenvalue weighted by Crippen LogP contribution is -2.31. The number of aliphatic hydroxyl groups is 1. The van der Waals surface area contributed by atoms with Crippen LogP contribution >= 0.6 is 0 Å². The number of amides is 1. The van der Waals surface area contributed by atoms with E-state index in [0.717, 1.165) is 36.0 Å². The molecule has 0 aliphatic heterocycles. The minimum Gasteiger partial charge on any atom is -0.388 e. The zero-order valence-electron chi connectivity index (χ0n) is 13.0. The highest BCUT2D eigenvalue weighted by atomic mass is 16.3. The van der Waals surface area contributed by atoms with Crippen LogP contribution in [0.25, 0.3) is 11.0 Å². The molecule has 0 bridgehead atoms. The third-order valence-electron chi connectivity index (χ3n) is 3.69. The third-order valence-corrected chi connectivity index (χ3v) is 3.69. The van der Waals surface area contributed by atoms with Gasteiger partial charge in [0.2, 0.25) is 5.91 Å². The second-order valence-corrected chi connectivity index (χ2v) is 5.43. The molecule has 1 N–H and O–H groups in total. The summed E-state index contributed by atoms with van der Waals surface area (Å²) in [4.78, 5) is 18.4. The van der Waals surface area contributed by atoms with E-state index in [9.17, 15) is 9.90 Å². The highest BCUT2D eigenvalue weighted by Gasteiger charge is 2.15. The summed E-state index contributed by atoms with van der Waals surface area (Å²) in [5, 5.41) is 9.47. The number of imidazole rings is 1. The molecule has 0 fully saturated rings. The summed E-state index contributed by atoms with van der Waals surface area (Å²) in [6, 6.07) is 5.92. The van der Waals surface area contributed by atoms with Crippen LogP contribution in [0, 0.1) is 6.92 Å². The zero-order valence-corrected chi connectivity index (χ0v) is 13.0. The Bertz CT molecular complexity index is 634. The van der Waals surface area contributed by atoms with Crippen molar-refractivity contribution in [3.8, 4) is 0 Å². The molecule has 0 saturated heterocycles. The zero-order chi connectivity index (χ0) is 15.4.